The molecule has 3 aromatic heterocycles. The Labute approximate surface area is 271 Å². The van der Waals surface area contributed by atoms with Gasteiger partial charge in [-0.1, -0.05) is 115 Å². The summed E-state index contributed by atoms with van der Waals surface area (Å²) in [6.07, 6.45) is 0. The molecule has 3 heterocycles. The standard InChI is InChI=1S/C44H28N2O/c1-2-15-32(16-3-1)45-41-24-11-7-20-36(41)43-37-28-30(25-26-42(37)47-44(43)45)29-13-12-14-31(27-29)33-17-4-8-21-38(33)46-39-22-9-5-18-34(39)35-19-6-10-23-40(35)46/h1-28H. The highest BCUT2D eigenvalue weighted by atomic mass is 16.3. The van der Waals surface area contributed by atoms with E-state index in [1.54, 1.807) is 0 Å². The molecule has 0 aliphatic carbocycles. The summed E-state index contributed by atoms with van der Waals surface area (Å²) >= 11 is 0. The highest BCUT2D eigenvalue weighted by molar-refractivity contribution is 6.20. The van der Waals surface area contributed by atoms with Gasteiger partial charge in [0.1, 0.15) is 5.58 Å². The van der Waals surface area contributed by atoms with Gasteiger partial charge >= 0.3 is 0 Å². The van der Waals surface area contributed by atoms with Crippen LogP contribution in [0.15, 0.2) is 174 Å². The van der Waals surface area contributed by atoms with Gasteiger partial charge in [-0.2, -0.15) is 0 Å². The fourth-order valence-electron chi connectivity index (χ4n) is 7.47. The number of nitrogens with zero attached hydrogens (tertiary/aromatic N) is 2. The average molecular weight is 601 g/mol. The monoisotopic (exact) mass is 600 g/mol. The Bertz CT molecular complexity index is 2740. The molecule has 0 fully saturated rings. The van der Waals surface area contributed by atoms with Crippen LogP contribution >= 0.6 is 0 Å². The molecule has 0 unspecified atom stereocenters. The number of aromatic nitrogens is 2. The third kappa shape index (κ3) is 3.87. The zero-order chi connectivity index (χ0) is 30.9. The van der Waals surface area contributed by atoms with Gasteiger partial charge in [0.05, 0.1) is 27.6 Å². The normalized spacial score (nSPS) is 11.8. The van der Waals surface area contributed by atoms with Gasteiger partial charge in [0.2, 0.25) is 5.71 Å². The van der Waals surface area contributed by atoms with Gasteiger partial charge in [0.15, 0.2) is 0 Å². The van der Waals surface area contributed by atoms with Crippen LogP contribution in [-0.4, -0.2) is 9.13 Å². The highest BCUT2D eigenvalue weighted by Gasteiger charge is 2.20. The first-order chi connectivity index (χ1) is 23.3. The second-order valence-corrected chi connectivity index (χ2v) is 12.1. The summed E-state index contributed by atoms with van der Waals surface area (Å²) in [5.41, 5.74) is 12.3. The summed E-state index contributed by atoms with van der Waals surface area (Å²) in [5.74, 6) is 0. The summed E-state index contributed by atoms with van der Waals surface area (Å²) in [7, 11) is 0. The van der Waals surface area contributed by atoms with Crippen LogP contribution in [0.3, 0.4) is 0 Å². The first kappa shape index (κ1) is 26.0. The first-order valence-corrected chi connectivity index (χ1v) is 16.0. The molecule has 10 aromatic rings. The van der Waals surface area contributed by atoms with Crippen molar-refractivity contribution in [3.8, 4) is 33.6 Å². The van der Waals surface area contributed by atoms with E-state index in [2.05, 4.69) is 173 Å². The third-order valence-corrected chi connectivity index (χ3v) is 9.53. The zero-order valence-corrected chi connectivity index (χ0v) is 25.5. The minimum atomic E-state index is 0.874. The van der Waals surface area contributed by atoms with E-state index in [1.807, 2.05) is 6.07 Å². The second-order valence-electron chi connectivity index (χ2n) is 12.1. The molecule has 0 radical (unpaired) electrons. The summed E-state index contributed by atoms with van der Waals surface area (Å²) < 4.78 is 11.2. The van der Waals surface area contributed by atoms with Crippen LogP contribution in [0.4, 0.5) is 0 Å². The minimum Gasteiger partial charge on any atom is -0.439 e. The fraction of sp³-hybridized carbons (Fsp3) is 0. The predicted octanol–water partition coefficient (Wildman–Crippen LogP) is 12.0. The SMILES string of the molecule is c1ccc(-n2c3ccccc3c3c4cc(-c5cccc(-c6ccccc6-n6c7ccccc7c7ccccc76)c5)ccc4oc32)cc1. The van der Waals surface area contributed by atoms with Crippen molar-refractivity contribution in [3.05, 3.63) is 170 Å². The third-order valence-electron chi connectivity index (χ3n) is 9.53. The Morgan fingerprint density at radius 2 is 0.979 bits per heavy atom. The molecule has 0 saturated carbocycles. The second kappa shape index (κ2) is 10.1. The number of benzene rings is 7. The number of hydrogen-bond acceptors (Lipinski definition) is 1. The van der Waals surface area contributed by atoms with E-state index in [1.165, 1.54) is 49.6 Å². The van der Waals surface area contributed by atoms with Gasteiger partial charge in [-0.05, 0) is 71.3 Å². The molecule has 0 aliphatic rings. The highest BCUT2D eigenvalue weighted by Crippen LogP contribution is 2.41. The maximum Gasteiger partial charge on any atom is 0.213 e. The van der Waals surface area contributed by atoms with E-state index >= 15 is 0 Å². The molecule has 7 aromatic carbocycles. The van der Waals surface area contributed by atoms with Crippen LogP contribution in [0.25, 0.3) is 88.4 Å². The molecule has 3 nitrogen and oxygen atoms in total. The van der Waals surface area contributed by atoms with Crippen molar-refractivity contribution in [3.63, 3.8) is 0 Å². The Morgan fingerprint density at radius 1 is 0.383 bits per heavy atom. The van der Waals surface area contributed by atoms with Crippen LogP contribution in [-0.2, 0) is 0 Å². The molecule has 47 heavy (non-hydrogen) atoms. The number of hydrogen-bond donors (Lipinski definition) is 0. The van der Waals surface area contributed by atoms with Crippen molar-refractivity contribution in [1.82, 2.24) is 9.13 Å². The van der Waals surface area contributed by atoms with E-state index in [9.17, 15) is 0 Å². The number of furan rings is 1. The molecule has 0 aliphatic heterocycles. The van der Waals surface area contributed by atoms with Crippen LogP contribution in [0.2, 0.25) is 0 Å². The number of para-hydroxylation sites is 5. The number of rotatable bonds is 4. The first-order valence-electron chi connectivity index (χ1n) is 16.0. The van der Waals surface area contributed by atoms with Crippen LogP contribution in [0.5, 0.6) is 0 Å². The molecule has 0 atom stereocenters. The summed E-state index contributed by atoms with van der Waals surface area (Å²) in [5, 5.41) is 5.99. The van der Waals surface area contributed by atoms with Crippen LogP contribution in [0, 0.1) is 0 Å². The lowest BCUT2D eigenvalue weighted by atomic mass is 9.97. The summed E-state index contributed by atoms with van der Waals surface area (Å²) in [6.45, 7) is 0. The van der Waals surface area contributed by atoms with Gasteiger partial charge in [0, 0.05) is 32.8 Å². The Kier molecular flexibility index (Phi) is 5.57. The van der Waals surface area contributed by atoms with E-state index in [0.29, 0.717) is 0 Å². The van der Waals surface area contributed by atoms with Crippen molar-refractivity contribution >= 4 is 54.8 Å². The topological polar surface area (TPSA) is 23.0 Å². The van der Waals surface area contributed by atoms with E-state index in [4.69, 9.17) is 4.42 Å². The summed E-state index contributed by atoms with van der Waals surface area (Å²) in [4.78, 5) is 0. The van der Waals surface area contributed by atoms with Crippen molar-refractivity contribution < 1.29 is 4.42 Å². The molecular weight excluding hydrogens is 572 g/mol. The van der Waals surface area contributed by atoms with E-state index in [-0.39, 0.29) is 0 Å². The smallest absolute Gasteiger partial charge is 0.213 e. The summed E-state index contributed by atoms with van der Waals surface area (Å²) in [6, 6.07) is 60.7. The lowest BCUT2D eigenvalue weighted by Crippen LogP contribution is -1.97. The quantitative estimate of drug-likeness (QED) is 0.197. The molecule has 0 spiro atoms. The van der Waals surface area contributed by atoms with Crippen molar-refractivity contribution in [2.75, 3.05) is 0 Å². The molecule has 0 saturated heterocycles. The van der Waals surface area contributed by atoms with E-state index in [0.717, 1.165) is 38.8 Å². The van der Waals surface area contributed by atoms with Gasteiger partial charge < -0.3 is 8.98 Å². The van der Waals surface area contributed by atoms with Gasteiger partial charge in [-0.15, -0.1) is 0 Å². The van der Waals surface area contributed by atoms with E-state index < -0.39 is 0 Å². The van der Waals surface area contributed by atoms with Crippen molar-refractivity contribution in [1.29, 1.82) is 0 Å². The largest absolute Gasteiger partial charge is 0.439 e. The Morgan fingerprint density at radius 3 is 1.74 bits per heavy atom. The zero-order valence-electron chi connectivity index (χ0n) is 25.5. The minimum absolute atomic E-state index is 0.874. The molecule has 0 amide bonds. The molecule has 220 valence electrons. The average Bonchev–Trinajstić information content (AvgIpc) is 3.78. The van der Waals surface area contributed by atoms with Crippen LogP contribution in [0.1, 0.15) is 0 Å². The van der Waals surface area contributed by atoms with Gasteiger partial charge in [-0.3, -0.25) is 4.57 Å². The van der Waals surface area contributed by atoms with Crippen molar-refractivity contribution in [2.24, 2.45) is 0 Å². The molecule has 10 rings (SSSR count). The maximum absolute atomic E-state index is 6.59. The lowest BCUT2D eigenvalue weighted by Gasteiger charge is -2.15. The lowest BCUT2D eigenvalue weighted by molar-refractivity contribution is 0.645. The molecular formula is C44H28N2O. The van der Waals surface area contributed by atoms with Gasteiger partial charge in [0.25, 0.3) is 0 Å². The number of fused-ring (bicyclic) bond motifs is 8. The predicted molar refractivity (Wildman–Crippen MR) is 196 cm³/mol. The Hall–Kier alpha value is -6.32. The maximum atomic E-state index is 6.59. The van der Waals surface area contributed by atoms with Crippen molar-refractivity contribution in [2.45, 2.75) is 0 Å². The van der Waals surface area contributed by atoms with Gasteiger partial charge in [-0.25, -0.2) is 0 Å². The fourth-order valence-corrected chi connectivity index (χ4v) is 7.47. The van der Waals surface area contributed by atoms with Crippen LogP contribution < -0.4 is 0 Å². The molecule has 3 heteroatoms. The Balaban J connectivity index is 1.15. The molecule has 0 N–H and O–H groups in total. The molecule has 0 bridgehead atoms.